The van der Waals surface area contributed by atoms with Crippen molar-refractivity contribution in [3.8, 4) is 0 Å². The van der Waals surface area contributed by atoms with E-state index in [0.717, 1.165) is 31.8 Å². The lowest BCUT2D eigenvalue weighted by Crippen LogP contribution is -2.00. The Kier molecular flexibility index (Phi) is 3.92. The molecule has 0 saturated carbocycles. The van der Waals surface area contributed by atoms with Crippen molar-refractivity contribution in [1.82, 2.24) is 4.98 Å². The molecule has 0 aliphatic heterocycles. The standard InChI is InChI=1S/C15H11BrCl2N2/c16-11-7-9(17)5-6-13(11)19-8-14-15(18)10-3-1-2-4-12(10)20-14/h1-7,19-20H,8H2. The molecule has 102 valence electrons. The topological polar surface area (TPSA) is 27.8 Å². The van der Waals surface area contributed by atoms with Crippen molar-refractivity contribution in [1.29, 1.82) is 0 Å². The molecule has 0 spiro atoms. The second-order valence-electron chi connectivity index (χ2n) is 4.44. The zero-order chi connectivity index (χ0) is 14.1. The van der Waals surface area contributed by atoms with Crippen LogP contribution in [0.25, 0.3) is 10.9 Å². The molecule has 0 saturated heterocycles. The average Bonchev–Trinajstić information content (AvgIpc) is 2.75. The number of hydrogen-bond acceptors (Lipinski definition) is 1. The molecule has 0 aliphatic carbocycles. The van der Waals surface area contributed by atoms with E-state index in [4.69, 9.17) is 23.2 Å². The summed E-state index contributed by atoms with van der Waals surface area (Å²) in [7, 11) is 0. The number of aromatic amines is 1. The number of aromatic nitrogens is 1. The van der Waals surface area contributed by atoms with E-state index in [-0.39, 0.29) is 0 Å². The summed E-state index contributed by atoms with van der Waals surface area (Å²) < 4.78 is 0.928. The Labute approximate surface area is 135 Å². The van der Waals surface area contributed by atoms with Crippen LogP contribution < -0.4 is 5.32 Å². The van der Waals surface area contributed by atoms with Gasteiger partial charge >= 0.3 is 0 Å². The molecule has 0 radical (unpaired) electrons. The molecule has 0 aliphatic rings. The first-order valence-corrected chi connectivity index (χ1v) is 7.64. The molecule has 1 aromatic heterocycles. The van der Waals surface area contributed by atoms with Gasteiger partial charge in [-0.2, -0.15) is 0 Å². The largest absolute Gasteiger partial charge is 0.379 e. The average molecular weight is 370 g/mol. The first-order valence-electron chi connectivity index (χ1n) is 6.09. The maximum atomic E-state index is 6.38. The third-order valence-electron chi connectivity index (χ3n) is 3.10. The summed E-state index contributed by atoms with van der Waals surface area (Å²) in [6, 6.07) is 13.6. The van der Waals surface area contributed by atoms with Crippen molar-refractivity contribution in [2.75, 3.05) is 5.32 Å². The van der Waals surface area contributed by atoms with Crippen molar-refractivity contribution < 1.29 is 0 Å². The second kappa shape index (κ2) is 5.68. The van der Waals surface area contributed by atoms with Crippen LogP contribution in [-0.2, 0) is 6.54 Å². The van der Waals surface area contributed by atoms with E-state index in [9.17, 15) is 0 Å². The molecule has 0 amide bonds. The molecule has 0 atom stereocenters. The molecule has 0 unspecified atom stereocenters. The van der Waals surface area contributed by atoms with Gasteiger partial charge in [0.05, 0.1) is 17.3 Å². The summed E-state index contributed by atoms with van der Waals surface area (Å²) in [6.07, 6.45) is 0. The number of rotatable bonds is 3. The highest BCUT2D eigenvalue weighted by Gasteiger charge is 2.09. The zero-order valence-electron chi connectivity index (χ0n) is 10.4. The Bertz CT molecular complexity index is 768. The fourth-order valence-electron chi connectivity index (χ4n) is 2.10. The highest BCUT2D eigenvalue weighted by molar-refractivity contribution is 9.10. The number of anilines is 1. The maximum Gasteiger partial charge on any atom is 0.0710 e. The quantitative estimate of drug-likeness (QED) is 0.595. The summed E-state index contributed by atoms with van der Waals surface area (Å²) in [5.74, 6) is 0. The van der Waals surface area contributed by atoms with E-state index in [2.05, 4.69) is 26.2 Å². The van der Waals surface area contributed by atoms with E-state index >= 15 is 0 Å². The molecular formula is C15H11BrCl2N2. The van der Waals surface area contributed by atoms with Gasteiger partial charge in [-0.1, -0.05) is 41.4 Å². The van der Waals surface area contributed by atoms with Crippen LogP contribution in [0, 0.1) is 0 Å². The molecule has 0 bridgehead atoms. The van der Waals surface area contributed by atoms with Gasteiger partial charge in [-0.3, -0.25) is 0 Å². The second-order valence-corrected chi connectivity index (χ2v) is 6.11. The Balaban J connectivity index is 1.85. The molecule has 20 heavy (non-hydrogen) atoms. The molecule has 0 fully saturated rings. The van der Waals surface area contributed by atoms with Crippen LogP contribution in [0.1, 0.15) is 5.69 Å². The first kappa shape index (κ1) is 13.8. The summed E-state index contributed by atoms with van der Waals surface area (Å²) in [5, 5.41) is 5.84. The maximum absolute atomic E-state index is 6.38. The molecule has 2 N–H and O–H groups in total. The highest BCUT2D eigenvalue weighted by Crippen LogP contribution is 2.30. The minimum absolute atomic E-state index is 0.619. The fraction of sp³-hybridized carbons (Fsp3) is 0.0667. The fourth-order valence-corrected chi connectivity index (χ4v) is 3.20. The van der Waals surface area contributed by atoms with Gasteiger partial charge in [0.2, 0.25) is 0 Å². The van der Waals surface area contributed by atoms with Gasteiger partial charge in [0.25, 0.3) is 0 Å². The molecular weight excluding hydrogens is 359 g/mol. The van der Waals surface area contributed by atoms with E-state index in [0.29, 0.717) is 11.6 Å². The van der Waals surface area contributed by atoms with E-state index in [1.165, 1.54) is 0 Å². The molecule has 2 nitrogen and oxygen atoms in total. The number of fused-ring (bicyclic) bond motifs is 1. The number of H-pyrrole nitrogens is 1. The summed E-state index contributed by atoms with van der Waals surface area (Å²) in [5.41, 5.74) is 2.99. The van der Waals surface area contributed by atoms with Crippen molar-refractivity contribution in [3.63, 3.8) is 0 Å². The van der Waals surface area contributed by atoms with Gasteiger partial charge < -0.3 is 10.3 Å². The predicted molar refractivity (Wildman–Crippen MR) is 89.8 cm³/mol. The number of nitrogens with one attached hydrogen (secondary N) is 2. The van der Waals surface area contributed by atoms with Crippen LogP contribution in [0.2, 0.25) is 10.0 Å². The molecule has 3 aromatic rings. The summed E-state index contributed by atoms with van der Waals surface area (Å²) in [4.78, 5) is 3.33. The third kappa shape index (κ3) is 2.66. The van der Waals surface area contributed by atoms with Crippen molar-refractivity contribution in [2.24, 2.45) is 0 Å². The zero-order valence-corrected chi connectivity index (χ0v) is 13.5. The van der Waals surface area contributed by atoms with E-state index in [1.807, 2.05) is 42.5 Å². The number of halogens is 3. The monoisotopic (exact) mass is 368 g/mol. The minimum atomic E-state index is 0.619. The SMILES string of the molecule is Clc1ccc(NCc2[nH]c3ccccc3c2Cl)c(Br)c1. The van der Waals surface area contributed by atoms with Crippen LogP contribution in [0.15, 0.2) is 46.9 Å². The Morgan fingerprint density at radius 3 is 2.65 bits per heavy atom. The molecule has 5 heteroatoms. The van der Waals surface area contributed by atoms with Gasteiger partial charge in [0.1, 0.15) is 0 Å². The smallest absolute Gasteiger partial charge is 0.0710 e. The molecule has 3 rings (SSSR count). The van der Waals surface area contributed by atoms with Gasteiger partial charge in [-0.05, 0) is 40.2 Å². The highest BCUT2D eigenvalue weighted by atomic mass is 79.9. The van der Waals surface area contributed by atoms with Gasteiger partial charge in [-0.25, -0.2) is 0 Å². The van der Waals surface area contributed by atoms with Crippen molar-refractivity contribution >= 4 is 55.7 Å². The Morgan fingerprint density at radius 2 is 1.90 bits per heavy atom. The van der Waals surface area contributed by atoms with Gasteiger partial charge in [-0.15, -0.1) is 0 Å². The van der Waals surface area contributed by atoms with Crippen LogP contribution >= 0.6 is 39.1 Å². The molecule has 1 heterocycles. The van der Waals surface area contributed by atoms with E-state index < -0.39 is 0 Å². The minimum Gasteiger partial charge on any atom is -0.379 e. The van der Waals surface area contributed by atoms with Crippen LogP contribution in [0.3, 0.4) is 0 Å². The summed E-state index contributed by atoms with van der Waals surface area (Å²) >= 11 is 15.8. The summed E-state index contributed by atoms with van der Waals surface area (Å²) in [6.45, 7) is 0.619. The van der Waals surface area contributed by atoms with Crippen molar-refractivity contribution in [3.05, 3.63) is 62.7 Å². The third-order valence-corrected chi connectivity index (χ3v) is 4.42. The van der Waals surface area contributed by atoms with E-state index in [1.54, 1.807) is 0 Å². The first-order chi connectivity index (χ1) is 9.65. The van der Waals surface area contributed by atoms with Gasteiger partial charge in [0, 0.05) is 26.1 Å². The lowest BCUT2D eigenvalue weighted by atomic mass is 10.2. The Morgan fingerprint density at radius 1 is 1.10 bits per heavy atom. The lowest BCUT2D eigenvalue weighted by Gasteiger charge is -2.08. The van der Waals surface area contributed by atoms with Crippen LogP contribution in [0.5, 0.6) is 0 Å². The Hall–Kier alpha value is -1.16. The lowest BCUT2D eigenvalue weighted by molar-refractivity contribution is 1.08. The number of para-hydroxylation sites is 1. The van der Waals surface area contributed by atoms with Crippen LogP contribution in [-0.4, -0.2) is 4.98 Å². The van der Waals surface area contributed by atoms with Gasteiger partial charge in [0.15, 0.2) is 0 Å². The molecule has 2 aromatic carbocycles. The number of hydrogen-bond donors (Lipinski definition) is 2. The predicted octanol–water partition coefficient (Wildman–Crippen LogP) is 5.85. The normalized spacial score (nSPS) is 10.9. The number of benzene rings is 2. The van der Waals surface area contributed by atoms with Crippen molar-refractivity contribution in [2.45, 2.75) is 6.54 Å². The van der Waals surface area contributed by atoms with Crippen LogP contribution in [0.4, 0.5) is 5.69 Å².